The molecule has 1 aromatic carbocycles. The van der Waals surface area contributed by atoms with E-state index in [1.807, 2.05) is 19.2 Å². The van der Waals surface area contributed by atoms with Crippen molar-refractivity contribution < 1.29 is 0 Å². The molecule has 1 N–H and O–H groups in total. The molecular weight excluding hydrogens is 196 g/mol. The van der Waals surface area contributed by atoms with Gasteiger partial charge in [0.2, 0.25) is 0 Å². The standard InChI is InChI=1S/C14H18N2/c1-12(11-15-2)13-5-7-14(8-6-13)16-9-3-4-10-16/h3-10,12,15H,11H2,1-2H3. The highest BCUT2D eigenvalue weighted by Crippen LogP contribution is 2.17. The Kier molecular flexibility index (Phi) is 3.42. The van der Waals surface area contributed by atoms with Crippen molar-refractivity contribution in [2.75, 3.05) is 13.6 Å². The molecule has 2 nitrogen and oxygen atoms in total. The molecule has 2 aromatic rings. The molecule has 0 fully saturated rings. The van der Waals surface area contributed by atoms with Crippen molar-refractivity contribution in [2.24, 2.45) is 0 Å². The van der Waals surface area contributed by atoms with E-state index in [1.54, 1.807) is 0 Å². The third-order valence-electron chi connectivity index (χ3n) is 2.88. The van der Waals surface area contributed by atoms with Crippen molar-refractivity contribution in [1.29, 1.82) is 0 Å². The molecule has 0 bridgehead atoms. The van der Waals surface area contributed by atoms with Crippen LogP contribution in [-0.4, -0.2) is 18.2 Å². The summed E-state index contributed by atoms with van der Waals surface area (Å²) < 4.78 is 2.12. The zero-order chi connectivity index (χ0) is 11.4. The molecule has 2 heteroatoms. The average molecular weight is 214 g/mol. The quantitative estimate of drug-likeness (QED) is 0.828. The number of hydrogen-bond acceptors (Lipinski definition) is 1. The molecule has 84 valence electrons. The first-order chi connectivity index (χ1) is 7.81. The van der Waals surface area contributed by atoms with Crippen molar-refractivity contribution >= 4 is 0 Å². The van der Waals surface area contributed by atoms with E-state index in [0.29, 0.717) is 5.92 Å². The molecule has 16 heavy (non-hydrogen) atoms. The number of benzene rings is 1. The third kappa shape index (κ3) is 2.34. The molecule has 0 saturated heterocycles. The first-order valence-electron chi connectivity index (χ1n) is 5.69. The Hall–Kier alpha value is -1.54. The minimum atomic E-state index is 0.559. The summed E-state index contributed by atoms with van der Waals surface area (Å²) in [7, 11) is 1.99. The molecule has 0 amide bonds. The van der Waals surface area contributed by atoms with Crippen LogP contribution < -0.4 is 5.32 Å². The highest BCUT2D eigenvalue weighted by atomic mass is 14.9. The van der Waals surface area contributed by atoms with Crippen molar-refractivity contribution in [1.82, 2.24) is 9.88 Å². The summed E-state index contributed by atoms with van der Waals surface area (Å²) in [6, 6.07) is 12.8. The predicted molar refractivity (Wildman–Crippen MR) is 68.1 cm³/mol. The Balaban J connectivity index is 2.16. The van der Waals surface area contributed by atoms with Crippen LogP contribution in [0.4, 0.5) is 0 Å². The van der Waals surface area contributed by atoms with Gasteiger partial charge in [-0.3, -0.25) is 0 Å². The Bertz CT molecular complexity index is 415. The maximum atomic E-state index is 3.20. The summed E-state index contributed by atoms with van der Waals surface area (Å²) in [5, 5.41) is 3.20. The second kappa shape index (κ2) is 4.99. The van der Waals surface area contributed by atoms with Crippen LogP contribution in [0.3, 0.4) is 0 Å². The van der Waals surface area contributed by atoms with E-state index >= 15 is 0 Å². The monoisotopic (exact) mass is 214 g/mol. The number of nitrogens with zero attached hydrogens (tertiary/aromatic N) is 1. The summed E-state index contributed by atoms with van der Waals surface area (Å²) in [6.07, 6.45) is 4.12. The molecule has 2 rings (SSSR count). The van der Waals surface area contributed by atoms with Gasteiger partial charge in [-0.2, -0.15) is 0 Å². The van der Waals surface area contributed by atoms with Crippen LogP contribution in [0.15, 0.2) is 48.8 Å². The predicted octanol–water partition coefficient (Wildman–Crippen LogP) is 2.80. The van der Waals surface area contributed by atoms with Gasteiger partial charge in [0, 0.05) is 24.6 Å². The molecule has 0 saturated carbocycles. The highest BCUT2D eigenvalue weighted by Gasteiger charge is 2.03. The van der Waals surface area contributed by atoms with Gasteiger partial charge in [0.25, 0.3) is 0 Å². The van der Waals surface area contributed by atoms with Gasteiger partial charge >= 0.3 is 0 Å². The van der Waals surface area contributed by atoms with Crippen LogP contribution in [0.5, 0.6) is 0 Å². The molecule has 0 aliphatic rings. The average Bonchev–Trinajstić information content (AvgIpc) is 2.83. The molecule has 1 heterocycles. The van der Waals surface area contributed by atoms with E-state index in [-0.39, 0.29) is 0 Å². The molecule has 0 aliphatic carbocycles. The second-order valence-electron chi connectivity index (χ2n) is 4.14. The number of aromatic nitrogens is 1. The number of likely N-dealkylation sites (N-methyl/N-ethyl adjacent to an activating group) is 1. The summed E-state index contributed by atoms with van der Waals surface area (Å²) in [5.74, 6) is 0.559. The summed E-state index contributed by atoms with van der Waals surface area (Å²) in [6.45, 7) is 3.25. The van der Waals surface area contributed by atoms with Crippen LogP contribution in [-0.2, 0) is 0 Å². The normalized spacial score (nSPS) is 12.6. The Morgan fingerprint density at radius 3 is 2.31 bits per heavy atom. The van der Waals surface area contributed by atoms with E-state index in [1.165, 1.54) is 11.3 Å². The van der Waals surface area contributed by atoms with Crippen LogP contribution in [0, 0.1) is 0 Å². The van der Waals surface area contributed by atoms with Crippen LogP contribution >= 0.6 is 0 Å². The summed E-state index contributed by atoms with van der Waals surface area (Å²) in [5.41, 5.74) is 2.59. The van der Waals surface area contributed by atoms with Gasteiger partial charge in [0.15, 0.2) is 0 Å². The van der Waals surface area contributed by atoms with E-state index in [4.69, 9.17) is 0 Å². The molecule has 0 radical (unpaired) electrons. The molecule has 0 spiro atoms. The van der Waals surface area contributed by atoms with Gasteiger partial charge in [-0.05, 0) is 42.8 Å². The van der Waals surface area contributed by atoms with Gasteiger partial charge < -0.3 is 9.88 Å². The van der Waals surface area contributed by atoms with Gasteiger partial charge in [0.1, 0.15) is 0 Å². The smallest absolute Gasteiger partial charge is 0.0449 e. The highest BCUT2D eigenvalue weighted by molar-refractivity contribution is 5.36. The summed E-state index contributed by atoms with van der Waals surface area (Å²) >= 11 is 0. The Morgan fingerprint density at radius 2 is 1.75 bits per heavy atom. The lowest BCUT2D eigenvalue weighted by atomic mass is 10.0. The van der Waals surface area contributed by atoms with Gasteiger partial charge in [0.05, 0.1) is 0 Å². The van der Waals surface area contributed by atoms with E-state index in [9.17, 15) is 0 Å². The second-order valence-corrected chi connectivity index (χ2v) is 4.14. The zero-order valence-corrected chi connectivity index (χ0v) is 9.85. The zero-order valence-electron chi connectivity index (χ0n) is 9.85. The van der Waals surface area contributed by atoms with Gasteiger partial charge in [-0.25, -0.2) is 0 Å². The fourth-order valence-corrected chi connectivity index (χ4v) is 1.91. The summed E-state index contributed by atoms with van der Waals surface area (Å²) in [4.78, 5) is 0. The Labute approximate surface area is 96.9 Å². The van der Waals surface area contributed by atoms with Gasteiger partial charge in [-0.15, -0.1) is 0 Å². The van der Waals surface area contributed by atoms with E-state index in [2.05, 4.69) is 53.5 Å². The maximum absolute atomic E-state index is 3.20. The minimum absolute atomic E-state index is 0.559. The van der Waals surface area contributed by atoms with Crippen LogP contribution in [0.1, 0.15) is 18.4 Å². The fourth-order valence-electron chi connectivity index (χ4n) is 1.91. The Morgan fingerprint density at radius 1 is 1.12 bits per heavy atom. The number of rotatable bonds is 4. The van der Waals surface area contributed by atoms with E-state index in [0.717, 1.165) is 6.54 Å². The molecular formula is C14H18N2. The first-order valence-corrected chi connectivity index (χ1v) is 5.69. The van der Waals surface area contributed by atoms with Crippen molar-refractivity contribution in [2.45, 2.75) is 12.8 Å². The van der Waals surface area contributed by atoms with Crippen molar-refractivity contribution in [3.8, 4) is 5.69 Å². The first kappa shape index (κ1) is 11.0. The van der Waals surface area contributed by atoms with Crippen molar-refractivity contribution in [3.05, 3.63) is 54.4 Å². The lowest BCUT2D eigenvalue weighted by Gasteiger charge is -2.12. The number of nitrogens with one attached hydrogen (secondary N) is 1. The maximum Gasteiger partial charge on any atom is 0.0449 e. The molecule has 0 aliphatic heterocycles. The fraction of sp³-hybridized carbons (Fsp3) is 0.286. The molecule has 1 atom stereocenters. The lowest BCUT2D eigenvalue weighted by molar-refractivity contribution is 0.678. The lowest BCUT2D eigenvalue weighted by Crippen LogP contribution is -2.14. The molecule has 1 aromatic heterocycles. The van der Waals surface area contributed by atoms with Gasteiger partial charge in [-0.1, -0.05) is 19.1 Å². The van der Waals surface area contributed by atoms with E-state index < -0.39 is 0 Å². The minimum Gasteiger partial charge on any atom is -0.324 e. The van der Waals surface area contributed by atoms with Crippen LogP contribution in [0.25, 0.3) is 5.69 Å². The molecule has 1 unspecified atom stereocenters. The number of hydrogen-bond donors (Lipinski definition) is 1. The van der Waals surface area contributed by atoms with Crippen molar-refractivity contribution in [3.63, 3.8) is 0 Å². The van der Waals surface area contributed by atoms with Crippen LogP contribution in [0.2, 0.25) is 0 Å². The topological polar surface area (TPSA) is 17.0 Å². The SMILES string of the molecule is CNCC(C)c1ccc(-n2cccc2)cc1. The third-order valence-corrected chi connectivity index (χ3v) is 2.88. The largest absolute Gasteiger partial charge is 0.324 e.